The van der Waals surface area contributed by atoms with Gasteiger partial charge in [0.15, 0.2) is 12.4 Å². The molecule has 3 aliphatic heterocycles. The number of carbonyl (C=O) groups is 1. The van der Waals surface area contributed by atoms with Gasteiger partial charge in [-0.15, -0.1) is 0 Å². The Hall–Kier alpha value is -2.71. The van der Waals surface area contributed by atoms with Crippen molar-refractivity contribution in [2.75, 3.05) is 43.0 Å². The number of amides is 1. The quantitative estimate of drug-likeness (QED) is 0.847. The summed E-state index contributed by atoms with van der Waals surface area (Å²) in [5, 5.41) is 2.87. The van der Waals surface area contributed by atoms with E-state index in [1.165, 1.54) is 11.9 Å². The largest absolute Gasteiger partial charge is 0.466 e. The van der Waals surface area contributed by atoms with E-state index in [0.717, 1.165) is 39.1 Å². The third-order valence-corrected chi connectivity index (χ3v) is 5.74. The van der Waals surface area contributed by atoms with E-state index in [4.69, 9.17) is 9.47 Å². The number of nitrogens with zero attached hydrogens (tertiary/aromatic N) is 4. The van der Waals surface area contributed by atoms with Crippen LogP contribution in [0.5, 0.6) is 5.88 Å². The van der Waals surface area contributed by atoms with E-state index in [1.54, 1.807) is 0 Å². The van der Waals surface area contributed by atoms with E-state index in [-0.39, 0.29) is 24.2 Å². The summed E-state index contributed by atoms with van der Waals surface area (Å²) in [4.78, 5) is 25.1. The van der Waals surface area contributed by atoms with Crippen molar-refractivity contribution in [1.29, 1.82) is 0 Å². The van der Waals surface area contributed by atoms with Gasteiger partial charge in [-0.1, -0.05) is 30.3 Å². The molecule has 8 heteroatoms. The Labute approximate surface area is 169 Å². The summed E-state index contributed by atoms with van der Waals surface area (Å²) < 4.78 is 11.9. The molecule has 0 saturated carbocycles. The second-order valence-electron chi connectivity index (χ2n) is 8.15. The molecule has 1 spiro atoms. The van der Waals surface area contributed by atoms with E-state index in [1.807, 2.05) is 6.07 Å². The Bertz CT molecular complexity index is 908. The molecule has 8 nitrogen and oxygen atoms in total. The topological polar surface area (TPSA) is 79.8 Å². The Kier molecular flexibility index (Phi) is 4.60. The third kappa shape index (κ3) is 3.65. The van der Waals surface area contributed by atoms with Crippen LogP contribution < -0.4 is 15.0 Å². The number of morpholine rings is 1. The number of aromatic nitrogens is 2. The fourth-order valence-corrected chi connectivity index (χ4v) is 4.68. The summed E-state index contributed by atoms with van der Waals surface area (Å²) in [5.41, 5.74) is 1.63. The summed E-state index contributed by atoms with van der Waals surface area (Å²) in [6, 6.07) is 10.6. The second kappa shape index (κ2) is 7.27. The summed E-state index contributed by atoms with van der Waals surface area (Å²) in [5.74, 6) is 0.953. The molecule has 4 heterocycles. The molecule has 5 rings (SSSR count). The summed E-state index contributed by atoms with van der Waals surface area (Å²) in [6.07, 6.45) is 2.56. The van der Waals surface area contributed by atoms with E-state index in [0.29, 0.717) is 17.4 Å². The van der Waals surface area contributed by atoms with Gasteiger partial charge in [0.2, 0.25) is 5.88 Å². The fourth-order valence-electron chi connectivity index (χ4n) is 4.68. The van der Waals surface area contributed by atoms with E-state index >= 15 is 0 Å². The first-order valence-corrected chi connectivity index (χ1v) is 10.1. The number of fused-ring (bicyclic) bond motifs is 1. The predicted octanol–water partition coefficient (Wildman–Crippen LogP) is 1.68. The molecular formula is C21H25N5O3. The van der Waals surface area contributed by atoms with Crippen molar-refractivity contribution in [2.45, 2.75) is 31.6 Å². The van der Waals surface area contributed by atoms with E-state index in [2.05, 4.69) is 56.3 Å². The molecule has 1 aromatic carbocycles. The van der Waals surface area contributed by atoms with Crippen molar-refractivity contribution in [2.24, 2.45) is 0 Å². The molecule has 1 N–H and O–H groups in total. The highest BCUT2D eigenvalue weighted by atomic mass is 16.5. The second-order valence-corrected chi connectivity index (χ2v) is 8.15. The molecule has 0 aliphatic carbocycles. The lowest BCUT2D eigenvalue weighted by molar-refractivity contribution is -0.138. The van der Waals surface area contributed by atoms with Gasteiger partial charge in [0, 0.05) is 32.7 Å². The number of anilines is 2. The average Bonchev–Trinajstić information content (AvgIpc) is 3.10. The number of hydrogen-bond acceptors (Lipinski definition) is 7. The lowest BCUT2D eigenvalue weighted by Gasteiger charge is -2.43. The van der Waals surface area contributed by atoms with Gasteiger partial charge in [-0.3, -0.25) is 9.69 Å². The van der Waals surface area contributed by atoms with Crippen molar-refractivity contribution in [3.05, 3.63) is 42.2 Å². The molecule has 0 bridgehead atoms. The highest BCUT2D eigenvalue weighted by Gasteiger charge is 2.46. The van der Waals surface area contributed by atoms with Crippen molar-refractivity contribution in [1.82, 2.24) is 14.9 Å². The fraction of sp³-hybridized carbons (Fsp3) is 0.476. The molecular weight excluding hydrogens is 370 g/mol. The maximum absolute atomic E-state index is 11.8. The monoisotopic (exact) mass is 395 g/mol. The minimum Gasteiger partial charge on any atom is -0.466 e. The molecule has 2 fully saturated rings. The Morgan fingerprint density at radius 1 is 1.24 bits per heavy atom. The minimum atomic E-state index is -0.246. The smallest absolute Gasteiger partial charge is 0.262 e. The highest BCUT2D eigenvalue weighted by molar-refractivity contribution is 5.98. The van der Waals surface area contributed by atoms with Gasteiger partial charge in [-0.2, -0.15) is 4.98 Å². The number of rotatable bonds is 3. The number of ether oxygens (including phenoxy) is 2. The van der Waals surface area contributed by atoms with Crippen LogP contribution in [-0.2, 0) is 16.1 Å². The maximum Gasteiger partial charge on any atom is 0.262 e. The third-order valence-electron chi connectivity index (χ3n) is 5.74. The predicted molar refractivity (Wildman–Crippen MR) is 108 cm³/mol. The van der Waals surface area contributed by atoms with Crippen molar-refractivity contribution >= 4 is 17.4 Å². The first-order chi connectivity index (χ1) is 14.1. The summed E-state index contributed by atoms with van der Waals surface area (Å²) in [7, 11) is 0. The number of carbonyl (C=O) groups excluding carboxylic acids is 1. The first kappa shape index (κ1) is 18.3. The maximum atomic E-state index is 11.8. The van der Waals surface area contributed by atoms with Crippen LogP contribution >= 0.6 is 0 Å². The SMILES string of the molecule is CC1CN(Cc2ccccc2)CC2(CCN(c3ncnc4c3NC(=O)CO4)C2)O1. The van der Waals surface area contributed by atoms with Crippen LogP contribution in [0.2, 0.25) is 0 Å². The number of nitrogens with one attached hydrogen (secondary N) is 1. The van der Waals surface area contributed by atoms with Gasteiger partial charge in [-0.25, -0.2) is 4.98 Å². The zero-order valence-electron chi connectivity index (χ0n) is 16.5. The molecule has 2 saturated heterocycles. The zero-order chi connectivity index (χ0) is 19.8. The number of hydrogen-bond donors (Lipinski definition) is 1. The molecule has 1 amide bonds. The molecule has 29 heavy (non-hydrogen) atoms. The van der Waals surface area contributed by atoms with Gasteiger partial charge >= 0.3 is 0 Å². The van der Waals surface area contributed by atoms with E-state index < -0.39 is 0 Å². The molecule has 3 aliphatic rings. The standard InChI is InChI=1S/C21H25N5O3/c1-15-9-25(10-16-5-3-2-4-6-16)12-21(29-15)7-8-26(13-21)19-18-20(23-14-22-19)28-11-17(27)24-18/h2-6,14-15H,7-13H2,1H3,(H,24,27). The van der Waals surface area contributed by atoms with Gasteiger partial charge in [0.25, 0.3) is 5.91 Å². The van der Waals surface area contributed by atoms with Gasteiger partial charge < -0.3 is 19.7 Å². The van der Waals surface area contributed by atoms with Crippen LogP contribution in [0.1, 0.15) is 18.9 Å². The van der Waals surface area contributed by atoms with Crippen LogP contribution in [0.3, 0.4) is 0 Å². The minimum absolute atomic E-state index is 0.0114. The van der Waals surface area contributed by atoms with Crippen LogP contribution in [0.25, 0.3) is 0 Å². The van der Waals surface area contributed by atoms with Crippen LogP contribution in [0, 0.1) is 0 Å². The summed E-state index contributed by atoms with van der Waals surface area (Å²) >= 11 is 0. The lowest BCUT2D eigenvalue weighted by atomic mass is 9.98. The van der Waals surface area contributed by atoms with Gasteiger partial charge in [-0.05, 0) is 18.9 Å². The van der Waals surface area contributed by atoms with Crippen LogP contribution in [0.15, 0.2) is 36.7 Å². The van der Waals surface area contributed by atoms with Crippen LogP contribution in [0.4, 0.5) is 11.5 Å². The van der Waals surface area contributed by atoms with Gasteiger partial charge in [0.05, 0.1) is 6.10 Å². The number of benzene rings is 1. The van der Waals surface area contributed by atoms with Gasteiger partial charge in [0.1, 0.15) is 17.6 Å². The molecule has 2 unspecified atom stereocenters. The normalized spacial score (nSPS) is 26.9. The molecule has 0 radical (unpaired) electrons. The molecule has 2 aromatic rings. The Balaban J connectivity index is 1.35. The van der Waals surface area contributed by atoms with Crippen LogP contribution in [-0.4, -0.2) is 65.3 Å². The zero-order valence-corrected chi connectivity index (χ0v) is 16.5. The van der Waals surface area contributed by atoms with Crippen molar-refractivity contribution in [3.8, 4) is 5.88 Å². The highest BCUT2D eigenvalue weighted by Crippen LogP contribution is 2.39. The molecule has 1 aromatic heterocycles. The Morgan fingerprint density at radius 2 is 2.10 bits per heavy atom. The van der Waals surface area contributed by atoms with Crippen molar-refractivity contribution in [3.63, 3.8) is 0 Å². The summed E-state index contributed by atoms with van der Waals surface area (Å²) in [6.45, 7) is 6.38. The molecule has 2 atom stereocenters. The first-order valence-electron chi connectivity index (χ1n) is 10.1. The Morgan fingerprint density at radius 3 is 2.97 bits per heavy atom. The van der Waals surface area contributed by atoms with E-state index in [9.17, 15) is 4.79 Å². The van der Waals surface area contributed by atoms with Crippen molar-refractivity contribution < 1.29 is 14.3 Å². The average molecular weight is 395 g/mol. The molecule has 152 valence electrons. The lowest BCUT2D eigenvalue weighted by Crippen LogP contribution is -2.55.